The van der Waals surface area contributed by atoms with Crippen molar-refractivity contribution in [2.75, 3.05) is 12.4 Å². The molecule has 0 aliphatic heterocycles. The first-order valence-corrected chi connectivity index (χ1v) is 5.72. The summed E-state index contributed by atoms with van der Waals surface area (Å²) in [4.78, 5) is 8.11. The number of hydrogen-bond acceptors (Lipinski definition) is 3. The zero-order valence-corrected chi connectivity index (χ0v) is 10.7. The molecule has 1 N–H and O–H groups in total. The monoisotopic (exact) mass is 285 g/mol. The van der Waals surface area contributed by atoms with Crippen molar-refractivity contribution < 1.29 is 17.6 Å². The summed E-state index contributed by atoms with van der Waals surface area (Å²) in [6.45, 7) is 1.69. The lowest BCUT2D eigenvalue weighted by molar-refractivity contribution is -0.139. The van der Waals surface area contributed by atoms with Crippen molar-refractivity contribution in [3.05, 3.63) is 41.3 Å². The molecule has 0 bridgehead atoms. The number of hydrogen-bond donors (Lipinski definition) is 1. The molecule has 3 nitrogen and oxygen atoms in total. The van der Waals surface area contributed by atoms with Crippen molar-refractivity contribution in [3.8, 4) is 11.3 Å². The fraction of sp³-hybridized carbons (Fsp3) is 0.231. The first kappa shape index (κ1) is 14.2. The van der Waals surface area contributed by atoms with Crippen LogP contribution in [0, 0.1) is 12.7 Å². The Bertz CT molecular complexity index is 638. The van der Waals surface area contributed by atoms with Crippen LogP contribution in [0.3, 0.4) is 0 Å². The first-order chi connectivity index (χ1) is 9.31. The van der Waals surface area contributed by atoms with Crippen molar-refractivity contribution in [3.63, 3.8) is 0 Å². The molecule has 0 aliphatic rings. The fourth-order valence-electron chi connectivity index (χ4n) is 1.73. The zero-order valence-electron chi connectivity index (χ0n) is 10.7. The first-order valence-electron chi connectivity index (χ1n) is 5.72. The SMILES string of the molecule is CNc1nc(C)cc(-c2ccc(F)c(C(F)(F)F)c2)n1. The maximum absolute atomic E-state index is 13.2. The number of alkyl halides is 3. The lowest BCUT2D eigenvalue weighted by Gasteiger charge is -2.10. The Morgan fingerprint density at radius 2 is 1.80 bits per heavy atom. The number of halogens is 4. The third-order valence-corrected chi connectivity index (χ3v) is 2.65. The van der Waals surface area contributed by atoms with E-state index in [2.05, 4.69) is 15.3 Å². The van der Waals surface area contributed by atoms with Gasteiger partial charge in [-0.1, -0.05) is 0 Å². The van der Waals surface area contributed by atoms with Gasteiger partial charge in [-0.3, -0.25) is 0 Å². The number of aryl methyl sites for hydroxylation is 1. The van der Waals surface area contributed by atoms with Gasteiger partial charge in [-0.25, -0.2) is 14.4 Å². The molecule has 1 heterocycles. The predicted octanol–water partition coefficient (Wildman–Crippen LogP) is 3.65. The molecule has 0 radical (unpaired) electrons. The normalized spacial score (nSPS) is 11.5. The van der Waals surface area contributed by atoms with E-state index in [1.54, 1.807) is 14.0 Å². The molecule has 0 unspecified atom stereocenters. The van der Waals surface area contributed by atoms with Gasteiger partial charge in [0.2, 0.25) is 5.95 Å². The molecule has 0 saturated carbocycles. The lowest BCUT2D eigenvalue weighted by atomic mass is 10.1. The van der Waals surface area contributed by atoms with Gasteiger partial charge in [0.05, 0.1) is 11.3 Å². The molecule has 2 rings (SSSR count). The van der Waals surface area contributed by atoms with Gasteiger partial charge in [-0.15, -0.1) is 0 Å². The fourth-order valence-corrected chi connectivity index (χ4v) is 1.73. The molecule has 2 aromatic rings. The number of benzene rings is 1. The summed E-state index contributed by atoms with van der Waals surface area (Å²) < 4.78 is 51.3. The quantitative estimate of drug-likeness (QED) is 0.856. The molecule has 7 heteroatoms. The van der Waals surface area contributed by atoms with Crippen LogP contribution in [0.1, 0.15) is 11.3 Å². The predicted molar refractivity (Wildman–Crippen MR) is 66.7 cm³/mol. The summed E-state index contributed by atoms with van der Waals surface area (Å²) in [6, 6.07) is 4.32. The highest BCUT2D eigenvalue weighted by Crippen LogP contribution is 2.34. The Labute approximate surface area is 112 Å². The number of nitrogens with one attached hydrogen (secondary N) is 1. The third kappa shape index (κ3) is 2.87. The van der Waals surface area contributed by atoms with Gasteiger partial charge in [-0.05, 0) is 31.2 Å². The highest BCUT2D eigenvalue weighted by atomic mass is 19.4. The second-order valence-corrected chi connectivity index (χ2v) is 4.16. The van der Waals surface area contributed by atoms with Crippen molar-refractivity contribution in [1.82, 2.24) is 9.97 Å². The van der Waals surface area contributed by atoms with Crippen molar-refractivity contribution in [2.45, 2.75) is 13.1 Å². The van der Waals surface area contributed by atoms with E-state index in [0.29, 0.717) is 11.4 Å². The average molecular weight is 285 g/mol. The summed E-state index contributed by atoms with van der Waals surface area (Å²) in [5.74, 6) is -1.02. The number of aromatic nitrogens is 2. The summed E-state index contributed by atoms with van der Waals surface area (Å²) in [5.41, 5.74) is -0.234. The standard InChI is InChI=1S/C13H11F4N3/c1-7-5-11(20-12(18-2)19-7)8-3-4-10(14)9(6-8)13(15,16)17/h3-6H,1-2H3,(H,18,19,20). The molecule has 0 fully saturated rings. The van der Waals surface area contributed by atoms with Crippen molar-refractivity contribution in [1.29, 1.82) is 0 Å². The van der Waals surface area contributed by atoms with Crippen LogP contribution in [0.2, 0.25) is 0 Å². The van der Waals surface area contributed by atoms with Gasteiger partial charge < -0.3 is 5.32 Å². The molecular formula is C13H11F4N3. The Morgan fingerprint density at radius 1 is 1.10 bits per heavy atom. The number of rotatable bonds is 2. The molecule has 20 heavy (non-hydrogen) atoms. The van der Waals surface area contributed by atoms with Crippen molar-refractivity contribution in [2.24, 2.45) is 0 Å². The van der Waals surface area contributed by atoms with E-state index in [1.807, 2.05) is 0 Å². The summed E-state index contributed by atoms with van der Waals surface area (Å²) in [6.07, 6.45) is -4.74. The van der Waals surface area contributed by atoms with Crippen LogP contribution >= 0.6 is 0 Å². The maximum Gasteiger partial charge on any atom is 0.419 e. The minimum atomic E-state index is -4.74. The van der Waals surface area contributed by atoms with Gasteiger partial charge in [-0.2, -0.15) is 13.2 Å². The Hall–Kier alpha value is -2.18. The summed E-state index contributed by atoms with van der Waals surface area (Å²) in [7, 11) is 1.60. The highest BCUT2D eigenvalue weighted by Gasteiger charge is 2.34. The van der Waals surface area contributed by atoms with Gasteiger partial charge in [0.1, 0.15) is 5.82 Å². The molecule has 1 aromatic carbocycles. The largest absolute Gasteiger partial charge is 0.419 e. The molecule has 0 aliphatic carbocycles. The summed E-state index contributed by atoms with van der Waals surface area (Å²) >= 11 is 0. The third-order valence-electron chi connectivity index (χ3n) is 2.65. The average Bonchev–Trinajstić information content (AvgIpc) is 2.37. The van der Waals surface area contributed by atoms with Gasteiger partial charge in [0.25, 0.3) is 0 Å². The van der Waals surface area contributed by atoms with Gasteiger partial charge in [0, 0.05) is 18.3 Å². The lowest BCUT2D eigenvalue weighted by Crippen LogP contribution is -2.08. The van der Waals surface area contributed by atoms with Crippen molar-refractivity contribution >= 4 is 5.95 Å². The minimum Gasteiger partial charge on any atom is -0.357 e. The van der Waals surface area contributed by atoms with E-state index in [9.17, 15) is 17.6 Å². The summed E-state index contributed by atoms with van der Waals surface area (Å²) in [5, 5.41) is 2.72. The molecular weight excluding hydrogens is 274 g/mol. The molecule has 106 valence electrons. The number of nitrogens with zero attached hydrogens (tertiary/aromatic N) is 2. The van der Waals surface area contributed by atoms with Gasteiger partial charge >= 0.3 is 6.18 Å². The van der Waals surface area contributed by atoms with Crippen LogP contribution in [-0.2, 0) is 6.18 Å². The molecule has 0 spiro atoms. The Balaban J connectivity index is 2.56. The molecule has 0 atom stereocenters. The van der Waals surface area contributed by atoms with E-state index in [1.165, 1.54) is 12.1 Å². The Kier molecular flexibility index (Phi) is 3.61. The van der Waals surface area contributed by atoms with E-state index in [0.717, 1.165) is 12.1 Å². The van der Waals surface area contributed by atoms with Crippen LogP contribution in [0.4, 0.5) is 23.5 Å². The van der Waals surface area contributed by atoms with E-state index in [4.69, 9.17) is 0 Å². The topological polar surface area (TPSA) is 37.8 Å². The smallest absolute Gasteiger partial charge is 0.357 e. The Morgan fingerprint density at radius 3 is 2.40 bits per heavy atom. The highest BCUT2D eigenvalue weighted by molar-refractivity contribution is 5.62. The maximum atomic E-state index is 13.2. The second kappa shape index (κ2) is 5.07. The molecule has 1 aromatic heterocycles. The van der Waals surface area contributed by atoms with E-state index >= 15 is 0 Å². The van der Waals surface area contributed by atoms with E-state index < -0.39 is 17.6 Å². The van der Waals surface area contributed by atoms with Crippen LogP contribution in [0.5, 0.6) is 0 Å². The molecule has 0 saturated heterocycles. The van der Waals surface area contributed by atoms with E-state index in [-0.39, 0.29) is 11.5 Å². The minimum absolute atomic E-state index is 0.181. The van der Waals surface area contributed by atoms with Crippen LogP contribution in [0.25, 0.3) is 11.3 Å². The van der Waals surface area contributed by atoms with Crippen LogP contribution in [0.15, 0.2) is 24.3 Å². The zero-order chi connectivity index (χ0) is 14.9. The van der Waals surface area contributed by atoms with Crippen LogP contribution < -0.4 is 5.32 Å². The molecule has 0 amide bonds. The number of anilines is 1. The van der Waals surface area contributed by atoms with Gasteiger partial charge in [0.15, 0.2) is 0 Å². The second-order valence-electron chi connectivity index (χ2n) is 4.16. The van der Waals surface area contributed by atoms with Crippen LogP contribution in [-0.4, -0.2) is 17.0 Å².